The maximum absolute atomic E-state index is 11.4. The topological polar surface area (TPSA) is 75.8 Å². The minimum Gasteiger partial charge on any atom is -0.385 e. The van der Waals surface area contributed by atoms with Crippen molar-refractivity contribution in [1.29, 1.82) is 0 Å². The number of aromatic nitrogens is 2. The third-order valence-electron chi connectivity index (χ3n) is 2.50. The van der Waals surface area contributed by atoms with E-state index in [1.807, 2.05) is 24.3 Å². The van der Waals surface area contributed by atoms with Gasteiger partial charge in [-0.25, -0.2) is 4.79 Å². The quantitative estimate of drug-likeness (QED) is 0.671. The molecule has 1 aromatic heterocycles. The van der Waals surface area contributed by atoms with Crippen molar-refractivity contribution in [1.82, 2.24) is 9.55 Å². The molecule has 2 aromatic rings. The second-order valence-corrected chi connectivity index (χ2v) is 3.75. The second kappa shape index (κ2) is 5.36. The molecular weight excluding hydrogens is 216 g/mol. The Morgan fingerprint density at radius 1 is 1.29 bits per heavy atom. The Morgan fingerprint density at radius 2 is 2.06 bits per heavy atom. The highest BCUT2D eigenvalue weighted by Crippen LogP contribution is 2.11. The van der Waals surface area contributed by atoms with Crippen molar-refractivity contribution in [2.45, 2.75) is 6.42 Å². The maximum Gasteiger partial charge on any atom is 0.330 e. The zero-order chi connectivity index (χ0) is 12.1. The Hall–Kier alpha value is -2.01. The van der Waals surface area contributed by atoms with Crippen LogP contribution in [0.3, 0.4) is 0 Å². The van der Waals surface area contributed by atoms with Crippen molar-refractivity contribution in [3.8, 4) is 5.69 Å². The third-order valence-corrected chi connectivity index (χ3v) is 2.50. The molecule has 0 spiro atoms. The van der Waals surface area contributed by atoms with E-state index >= 15 is 0 Å². The minimum atomic E-state index is -0.131. The van der Waals surface area contributed by atoms with Gasteiger partial charge in [0.1, 0.15) is 0 Å². The molecule has 1 aromatic carbocycles. The van der Waals surface area contributed by atoms with Gasteiger partial charge >= 0.3 is 5.69 Å². The van der Waals surface area contributed by atoms with Crippen LogP contribution in [0.25, 0.3) is 5.69 Å². The summed E-state index contributed by atoms with van der Waals surface area (Å²) >= 11 is 0. The van der Waals surface area contributed by atoms with Gasteiger partial charge in [0.05, 0.1) is 5.69 Å². The van der Waals surface area contributed by atoms with Crippen LogP contribution in [0.1, 0.15) is 6.42 Å². The molecule has 0 radical (unpaired) electrons. The predicted octanol–water partition coefficient (Wildman–Crippen LogP) is 0.926. The molecule has 17 heavy (non-hydrogen) atoms. The van der Waals surface area contributed by atoms with Crippen molar-refractivity contribution in [3.63, 3.8) is 0 Å². The van der Waals surface area contributed by atoms with Crippen LogP contribution >= 0.6 is 0 Å². The number of anilines is 1. The number of rotatable bonds is 5. The van der Waals surface area contributed by atoms with Crippen LogP contribution in [-0.2, 0) is 0 Å². The number of nitrogens with one attached hydrogen (secondary N) is 2. The van der Waals surface area contributed by atoms with Gasteiger partial charge in [0.15, 0.2) is 0 Å². The van der Waals surface area contributed by atoms with Crippen molar-refractivity contribution in [3.05, 3.63) is 47.1 Å². The lowest BCUT2D eigenvalue weighted by atomic mass is 10.2. The van der Waals surface area contributed by atoms with E-state index in [0.717, 1.165) is 24.3 Å². The average molecular weight is 232 g/mol. The number of aromatic amines is 1. The molecule has 0 aliphatic carbocycles. The van der Waals surface area contributed by atoms with E-state index in [1.54, 1.807) is 17.0 Å². The molecule has 1 heterocycles. The fraction of sp³-hybridized carbons (Fsp3) is 0.250. The number of hydrogen-bond acceptors (Lipinski definition) is 3. The summed E-state index contributed by atoms with van der Waals surface area (Å²) < 4.78 is 1.56. The highest BCUT2D eigenvalue weighted by molar-refractivity contribution is 5.48. The molecule has 4 N–H and O–H groups in total. The van der Waals surface area contributed by atoms with Crippen LogP contribution in [0.4, 0.5) is 5.69 Å². The van der Waals surface area contributed by atoms with Crippen molar-refractivity contribution >= 4 is 5.69 Å². The lowest BCUT2D eigenvalue weighted by molar-refractivity contribution is 0.874. The number of benzene rings is 1. The summed E-state index contributed by atoms with van der Waals surface area (Å²) in [5.41, 5.74) is 7.17. The monoisotopic (exact) mass is 232 g/mol. The second-order valence-electron chi connectivity index (χ2n) is 3.75. The lowest BCUT2D eigenvalue weighted by Crippen LogP contribution is -2.14. The van der Waals surface area contributed by atoms with Crippen molar-refractivity contribution in [2.24, 2.45) is 5.73 Å². The molecule has 0 saturated heterocycles. The van der Waals surface area contributed by atoms with Gasteiger partial charge in [-0.3, -0.25) is 4.57 Å². The number of hydrogen-bond donors (Lipinski definition) is 3. The number of nitrogens with two attached hydrogens (primary N) is 1. The van der Waals surface area contributed by atoms with Gasteiger partial charge in [-0.1, -0.05) is 0 Å². The molecule has 2 rings (SSSR count). The molecule has 0 atom stereocenters. The van der Waals surface area contributed by atoms with E-state index in [1.165, 1.54) is 0 Å². The number of imidazole rings is 1. The summed E-state index contributed by atoms with van der Waals surface area (Å²) in [4.78, 5) is 14.0. The molecule has 0 fully saturated rings. The zero-order valence-electron chi connectivity index (χ0n) is 9.52. The summed E-state index contributed by atoms with van der Waals surface area (Å²) in [6, 6.07) is 7.70. The van der Waals surface area contributed by atoms with Crippen molar-refractivity contribution in [2.75, 3.05) is 18.4 Å². The van der Waals surface area contributed by atoms with Gasteiger partial charge in [0.25, 0.3) is 0 Å². The van der Waals surface area contributed by atoms with E-state index in [0.29, 0.717) is 6.54 Å². The SMILES string of the molecule is NCCCNc1ccc(-n2cc[nH]c2=O)cc1. The zero-order valence-corrected chi connectivity index (χ0v) is 9.52. The smallest absolute Gasteiger partial charge is 0.330 e. The molecule has 0 amide bonds. The number of H-pyrrole nitrogens is 1. The van der Waals surface area contributed by atoms with Crippen LogP contribution in [0.15, 0.2) is 41.5 Å². The first kappa shape index (κ1) is 11.5. The van der Waals surface area contributed by atoms with Crippen LogP contribution in [-0.4, -0.2) is 22.6 Å². The Balaban J connectivity index is 2.08. The standard InChI is InChI=1S/C12H16N4O/c13-6-1-7-14-10-2-4-11(5-3-10)16-9-8-15-12(16)17/h2-5,8-9,14H,1,6-7,13H2,(H,15,17). The maximum atomic E-state index is 11.4. The van der Waals surface area contributed by atoms with E-state index < -0.39 is 0 Å². The molecular formula is C12H16N4O. The lowest BCUT2D eigenvalue weighted by Gasteiger charge is -2.06. The van der Waals surface area contributed by atoms with E-state index in [4.69, 9.17) is 5.73 Å². The van der Waals surface area contributed by atoms with Gasteiger partial charge in [0.2, 0.25) is 0 Å². The van der Waals surface area contributed by atoms with Gasteiger partial charge < -0.3 is 16.0 Å². The molecule has 0 saturated carbocycles. The Bertz CT molecular complexity index is 512. The van der Waals surface area contributed by atoms with Crippen LogP contribution in [0, 0.1) is 0 Å². The van der Waals surface area contributed by atoms with Gasteiger partial charge in [-0.2, -0.15) is 0 Å². The predicted molar refractivity (Wildman–Crippen MR) is 68.6 cm³/mol. The first-order chi connectivity index (χ1) is 8.31. The van der Waals surface area contributed by atoms with Gasteiger partial charge in [-0.05, 0) is 37.2 Å². The molecule has 0 bridgehead atoms. The number of nitrogens with zero attached hydrogens (tertiary/aromatic N) is 1. The summed E-state index contributed by atoms with van der Waals surface area (Å²) in [6.07, 6.45) is 4.27. The molecule has 5 heteroatoms. The summed E-state index contributed by atoms with van der Waals surface area (Å²) in [5.74, 6) is 0. The first-order valence-electron chi connectivity index (χ1n) is 5.61. The Morgan fingerprint density at radius 3 is 2.65 bits per heavy atom. The Labute approximate surface area is 99.3 Å². The first-order valence-corrected chi connectivity index (χ1v) is 5.61. The summed E-state index contributed by atoms with van der Waals surface area (Å²) in [6.45, 7) is 1.55. The van der Waals surface area contributed by atoms with Crippen LogP contribution < -0.4 is 16.7 Å². The third kappa shape index (κ3) is 2.76. The molecule has 5 nitrogen and oxygen atoms in total. The average Bonchev–Trinajstić information content (AvgIpc) is 2.77. The molecule has 0 unspecified atom stereocenters. The molecule has 0 aliphatic heterocycles. The normalized spacial score (nSPS) is 10.4. The van der Waals surface area contributed by atoms with Crippen molar-refractivity contribution < 1.29 is 0 Å². The fourth-order valence-electron chi connectivity index (χ4n) is 1.60. The van der Waals surface area contributed by atoms with Gasteiger partial charge in [0, 0.05) is 24.6 Å². The highest BCUT2D eigenvalue weighted by Gasteiger charge is 1.99. The van der Waals surface area contributed by atoms with E-state index in [9.17, 15) is 4.79 Å². The Kier molecular flexibility index (Phi) is 3.62. The highest BCUT2D eigenvalue weighted by atomic mass is 16.1. The molecule has 0 aliphatic rings. The minimum absolute atomic E-state index is 0.131. The van der Waals surface area contributed by atoms with E-state index in [2.05, 4.69) is 10.3 Å². The largest absolute Gasteiger partial charge is 0.385 e. The van der Waals surface area contributed by atoms with Crippen LogP contribution in [0.5, 0.6) is 0 Å². The summed E-state index contributed by atoms with van der Waals surface area (Å²) in [7, 11) is 0. The van der Waals surface area contributed by atoms with E-state index in [-0.39, 0.29) is 5.69 Å². The molecule has 90 valence electrons. The summed E-state index contributed by atoms with van der Waals surface area (Å²) in [5, 5.41) is 3.26. The van der Waals surface area contributed by atoms with Gasteiger partial charge in [-0.15, -0.1) is 0 Å². The van der Waals surface area contributed by atoms with Crippen LogP contribution in [0.2, 0.25) is 0 Å². The fourth-order valence-corrected chi connectivity index (χ4v) is 1.60.